The minimum atomic E-state index is -0.489. The highest BCUT2D eigenvalue weighted by Crippen LogP contribution is 1.53. The van der Waals surface area contributed by atoms with Gasteiger partial charge in [0.2, 0.25) is 5.91 Å². The van der Waals surface area contributed by atoms with E-state index in [-0.39, 0.29) is 6.67 Å². The van der Waals surface area contributed by atoms with E-state index in [1.54, 1.807) is 0 Å². The Kier molecular flexibility index (Phi) is 3.26. The van der Waals surface area contributed by atoms with E-state index in [9.17, 15) is 4.79 Å². The number of nitrogens with two attached hydrogens (primary N) is 1. The minimum absolute atomic E-state index is 0.0827. The third kappa shape index (κ3) is 3.21. The Hall–Kier alpha value is -0.610. The van der Waals surface area contributed by atoms with Crippen LogP contribution >= 0.6 is 0 Å². The van der Waals surface area contributed by atoms with Gasteiger partial charge in [-0.1, -0.05) is 0 Å². The molecule has 0 rings (SSSR count). The standard InChI is InChI=1S/C3H8N2O2/c4-2-5-3(7)1-6/h6H,1-2,4H2,(H,5,7). The van der Waals surface area contributed by atoms with Crippen molar-refractivity contribution in [3.8, 4) is 0 Å². The largest absolute Gasteiger partial charge is 0.387 e. The fraction of sp³-hybridized carbons (Fsp3) is 0.667. The molecule has 4 N–H and O–H groups in total. The fourth-order valence-electron chi connectivity index (χ4n) is 0.170. The van der Waals surface area contributed by atoms with Crippen LogP contribution in [0.3, 0.4) is 0 Å². The van der Waals surface area contributed by atoms with Crippen LogP contribution in [-0.2, 0) is 4.79 Å². The molecule has 0 spiro atoms. The summed E-state index contributed by atoms with van der Waals surface area (Å²) in [6.45, 7) is -0.406. The number of aliphatic hydroxyl groups excluding tert-OH is 1. The van der Waals surface area contributed by atoms with Gasteiger partial charge in [0.05, 0.1) is 6.67 Å². The topological polar surface area (TPSA) is 75.3 Å². The molecule has 0 aliphatic heterocycles. The molecule has 0 aliphatic rings. The van der Waals surface area contributed by atoms with Gasteiger partial charge in [0, 0.05) is 0 Å². The number of amides is 1. The molecular weight excluding hydrogens is 96.0 g/mol. The molecule has 1 amide bonds. The van der Waals surface area contributed by atoms with E-state index in [0.29, 0.717) is 0 Å². The predicted octanol–water partition coefficient (Wildman–Crippen LogP) is -1.99. The van der Waals surface area contributed by atoms with E-state index >= 15 is 0 Å². The van der Waals surface area contributed by atoms with E-state index in [2.05, 4.69) is 5.32 Å². The number of carbonyl (C=O) groups excluding carboxylic acids is 1. The Morgan fingerprint density at radius 3 is 2.57 bits per heavy atom. The van der Waals surface area contributed by atoms with Gasteiger partial charge in [0.1, 0.15) is 6.61 Å². The first-order valence-electron chi connectivity index (χ1n) is 1.89. The van der Waals surface area contributed by atoms with E-state index in [1.165, 1.54) is 0 Å². The molecule has 0 fully saturated rings. The molecule has 4 nitrogen and oxygen atoms in total. The lowest BCUT2D eigenvalue weighted by molar-refractivity contribution is -0.123. The summed E-state index contributed by atoms with van der Waals surface area (Å²) < 4.78 is 0. The van der Waals surface area contributed by atoms with Crippen molar-refractivity contribution in [2.24, 2.45) is 5.73 Å². The SMILES string of the molecule is NCNC(=O)CO. The van der Waals surface area contributed by atoms with E-state index < -0.39 is 12.5 Å². The van der Waals surface area contributed by atoms with Crippen molar-refractivity contribution < 1.29 is 9.90 Å². The van der Waals surface area contributed by atoms with Crippen LogP contribution in [0.25, 0.3) is 0 Å². The summed E-state index contributed by atoms with van der Waals surface area (Å²) in [6.07, 6.45) is 0. The normalized spacial score (nSPS) is 8.29. The third-order valence-corrected chi connectivity index (χ3v) is 0.443. The molecule has 0 aromatic carbocycles. The monoisotopic (exact) mass is 104 g/mol. The molecule has 0 radical (unpaired) electrons. The van der Waals surface area contributed by atoms with E-state index in [0.717, 1.165) is 0 Å². The van der Waals surface area contributed by atoms with E-state index in [4.69, 9.17) is 10.8 Å². The summed E-state index contributed by atoms with van der Waals surface area (Å²) in [7, 11) is 0. The Balaban J connectivity index is 3.00. The molecule has 42 valence electrons. The van der Waals surface area contributed by atoms with Crippen molar-refractivity contribution in [3.05, 3.63) is 0 Å². The number of aliphatic hydroxyl groups is 1. The number of rotatable bonds is 2. The average molecular weight is 104 g/mol. The molecular formula is C3H8N2O2. The van der Waals surface area contributed by atoms with Crippen LogP contribution in [0.4, 0.5) is 0 Å². The zero-order valence-corrected chi connectivity index (χ0v) is 3.85. The highest BCUT2D eigenvalue weighted by Gasteiger charge is 1.89. The zero-order valence-electron chi connectivity index (χ0n) is 3.85. The van der Waals surface area contributed by atoms with Crippen molar-refractivity contribution in [1.29, 1.82) is 0 Å². The van der Waals surface area contributed by atoms with Crippen molar-refractivity contribution >= 4 is 5.91 Å². The smallest absolute Gasteiger partial charge is 0.246 e. The zero-order chi connectivity index (χ0) is 5.70. The molecule has 0 aliphatic carbocycles. The minimum Gasteiger partial charge on any atom is -0.387 e. The molecule has 0 bridgehead atoms. The first-order chi connectivity index (χ1) is 3.31. The van der Waals surface area contributed by atoms with Gasteiger partial charge in [-0.2, -0.15) is 0 Å². The molecule has 7 heavy (non-hydrogen) atoms. The van der Waals surface area contributed by atoms with Gasteiger partial charge in [0.15, 0.2) is 0 Å². The van der Waals surface area contributed by atoms with Crippen LogP contribution in [0.2, 0.25) is 0 Å². The molecule has 0 unspecified atom stereocenters. The maximum Gasteiger partial charge on any atom is 0.246 e. The molecule has 0 atom stereocenters. The van der Waals surface area contributed by atoms with Crippen molar-refractivity contribution in [3.63, 3.8) is 0 Å². The summed E-state index contributed by atoms with van der Waals surface area (Å²) in [5.74, 6) is -0.442. The maximum atomic E-state index is 9.97. The van der Waals surface area contributed by atoms with Crippen LogP contribution in [0.15, 0.2) is 0 Å². The van der Waals surface area contributed by atoms with Crippen molar-refractivity contribution in [2.45, 2.75) is 0 Å². The molecule has 4 heteroatoms. The number of nitrogens with one attached hydrogen (secondary N) is 1. The number of hydrogen-bond donors (Lipinski definition) is 3. The second-order valence-corrected chi connectivity index (χ2v) is 0.962. The maximum absolute atomic E-state index is 9.97. The molecule has 0 aromatic heterocycles. The highest BCUT2D eigenvalue weighted by atomic mass is 16.3. The van der Waals surface area contributed by atoms with Gasteiger partial charge in [0.25, 0.3) is 0 Å². The summed E-state index contributed by atoms with van der Waals surface area (Å²) in [5.41, 5.74) is 4.86. The van der Waals surface area contributed by atoms with Gasteiger partial charge in [-0.3, -0.25) is 4.79 Å². The average Bonchev–Trinajstić information content (AvgIpc) is 1.68. The predicted molar refractivity (Wildman–Crippen MR) is 24.3 cm³/mol. The lowest BCUT2D eigenvalue weighted by Crippen LogP contribution is -2.31. The first kappa shape index (κ1) is 6.39. The van der Waals surface area contributed by atoms with Gasteiger partial charge < -0.3 is 16.2 Å². The van der Waals surface area contributed by atoms with Crippen molar-refractivity contribution in [1.82, 2.24) is 5.32 Å². The fourth-order valence-corrected chi connectivity index (χ4v) is 0.170. The number of hydrogen-bond acceptors (Lipinski definition) is 3. The van der Waals surface area contributed by atoms with Gasteiger partial charge in [-0.15, -0.1) is 0 Å². The van der Waals surface area contributed by atoms with Gasteiger partial charge in [-0.25, -0.2) is 0 Å². The third-order valence-electron chi connectivity index (χ3n) is 0.443. The Bertz CT molecular complexity index is 64.0. The summed E-state index contributed by atoms with van der Waals surface area (Å²) >= 11 is 0. The Morgan fingerprint density at radius 2 is 2.43 bits per heavy atom. The summed E-state index contributed by atoms with van der Waals surface area (Å²) in [5, 5.41) is 10.2. The van der Waals surface area contributed by atoms with Crippen LogP contribution in [-0.4, -0.2) is 24.3 Å². The quantitative estimate of drug-likeness (QED) is 0.355. The van der Waals surface area contributed by atoms with Crippen molar-refractivity contribution in [2.75, 3.05) is 13.3 Å². The van der Waals surface area contributed by atoms with Gasteiger partial charge >= 0.3 is 0 Å². The van der Waals surface area contributed by atoms with Crippen LogP contribution in [0.1, 0.15) is 0 Å². The lowest BCUT2D eigenvalue weighted by atomic mass is 10.7. The first-order valence-corrected chi connectivity index (χ1v) is 1.89. The van der Waals surface area contributed by atoms with Crippen LogP contribution in [0, 0.1) is 0 Å². The number of carbonyl (C=O) groups is 1. The van der Waals surface area contributed by atoms with Crippen LogP contribution in [0.5, 0.6) is 0 Å². The summed E-state index contributed by atoms with van der Waals surface area (Å²) in [4.78, 5) is 9.97. The molecule has 0 saturated heterocycles. The molecule has 0 heterocycles. The van der Waals surface area contributed by atoms with Crippen LogP contribution < -0.4 is 11.1 Å². The second-order valence-electron chi connectivity index (χ2n) is 0.962. The Labute approximate surface area is 41.3 Å². The molecule has 0 aromatic rings. The molecule has 0 saturated carbocycles. The second kappa shape index (κ2) is 3.58. The summed E-state index contributed by atoms with van der Waals surface area (Å²) in [6, 6.07) is 0. The lowest BCUT2D eigenvalue weighted by Gasteiger charge is -1.93. The van der Waals surface area contributed by atoms with E-state index in [1.807, 2.05) is 0 Å². The van der Waals surface area contributed by atoms with Gasteiger partial charge in [-0.05, 0) is 0 Å². The Morgan fingerprint density at radius 1 is 1.86 bits per heavy atom. The highest BCUT2D eigenvalue weighted by molar-refractivity contribution is 5.76.